The first kappa shape index (κ1) is 13.6. The molecule has 0 saturated carbocycles. The van der Waals surface area contributed by atoms with E-state index in [4.69, 9.17) is 4.98 Å². The average molecular weight is 294 g/mol. The van der Waals surface area contributed by atoms with Gasteiger partial charge in [-0.05, 0) is 30.9 Å². The number of nitrogens with zero attached hydrogens (tertiary/aromatic N) is 3. The van der Waals surface area contributed by atoms with Crippen molar-refractivity contribution in [3.8, 4) is 0 Å². The average Bonchev–Trinajstić information content (AvgIpc) is 3.14. The predicted molar refractivity (Wildman–Crippen MR) is 89.5 cm³/mol. The summed E-state index contributed by atoms with van der Waals surface area (Å²) < 4.78 is 0. The highest BCUT2D eigenvalue weighted by atomic mass is 15.3. The van der Waals surface area contributed by atoms with Crippen molar-refractivity contribution >= 4 is 11.8 Å². The molecule has 4 rings (SSSR count). The molecule has 2 aromatic rings. The minimum absolute atomic E-state index is 0.482. The van der Waals surface area contributed by atoms with E-state index in [2.05, 4.69) is 59.4 Å². The zero-order valence-corrected chi connectivity index (χ0v) is 13.2. The number of rotatable bonds is 4. The van der Waals surface area contributed by atoms with E-state index in [1.165, 1.54) is 12.0 Å². The standard InChI is InChI=1S/C18H22N4/c1-3-13-10-17(21-18(20-13)19-4-2)22-11-12-9-16(22)15-8-6-5-7-14(12)15/h5-8,10,12,16H,3-4,9,11H2,1-2H3,(H,19,20,21)/t12-,16+/m1/s1. The number of fused-ring (bicyclic) bond motifs is 5. The van der Waals surface area contributed by atoms with Gasteiger partial charge in [-0.2, -0.15) is 4.98 Å². The van der Waals surface area contributed by atoms with Crippen molar-refractivity contribution < 1.29 is 0 Å². The quantitative estimate of drug-likeness (QED) is 0.936. The molecule has 1 saturated heterocycles. The summed E-state index contributed by atoms with van der Waals surface area (Å²) in [7, 11) is 0. The number of anilines is 2. The van der Waals surface area contributed by atoms with Crippen LogP contribution in [-0.2, 0) is 6.42 Å². The lowest BCUT2D eigenvalue weighted by Crippen LogP contribution is -2.28. The highest BCUT2D eigenvalue weighted by molar-refractivity contribution is 5.55. The molecular weight excluding hydrogens is 272 g/mol. The Morgan fingerprint density at radius 1 is 1.18 bits per heavy atom. The van der Waals surface area contributed by atoms with Gasteiger partial charge in [0.2, 0.25) is 5.95 Å². The van der Waals surface area contributed by atoms with Gasteiger partial charge in [-0.1, -0.05) is 31.2 Å². The second-order valence-corrected chi connectivity index (χ2v) is 6.15. The van der Waals surface area contributed by atoms with Crippen LogP contribution in [0.1, 0.15) is 49.0 Å². The molecule has 2 aliphatic rings. The van der Waals surface area contributed by atoms with E-state index in [1.54, 1.807) is 5.56 Å². The topological polar surface area (TPSA) is 41.1 Å². The van der Waals surface area contributed by atoms with Crippen LogP contribution in [0.15, 0.2) is 30.3 Å². The van der Waals surface area contributed by atoms with Crippen LogP contribution in [0.4, 0.5) is 11.8 Å². The number of nitrogens with one attached hydrogen (secondary N) is 1. The molecule has 0 amide bonds. The van der Waals surface area contributed by atoms with E-state index in [0.717, 1.165) is 37.0 Å². The maximum Gasteiger partial charge on any atom is 0.224 e. The van der Waals surface area contributed by atoms with Crippen molar-refractivity contribution in [3.63, 3.8) is 0 Å². The molecule has 1 aromatic heterocycles. The molecule has 4 heteroatoms. The fourth-order valence-electron chi connectivity index (χ4n) is 3.84. The van der Waals surface area contributed by atoms with Crippen molar-refractivity contribution in [3.05, 3.63) is 47.2 Å². The third-order valence-corrected chi connectivity index (χ3v) is 4.85. The summed E-state index contributed by atoms with van der Waals surface area (Å²) in [6.45, 7) is 6.15. The molecule has 1 N–H and O–H groups in total. The molecule has 22 heavy (non-hydrogen) atoms. The van der Waals surface area contributed by atoms with Gasteiger partial charge < -0.3 is 10.2 Å². The first-order valence-electron chi connectivity index (χ1n) is 8.27. The Morgan fingerprint density at radius 3 is 2.77 bits per heavy atom. The monoisotopic (exact) mass is 294 g/mol. The van der Waals surface area contributed by atoms with E-state index in [0.29, 0.717) is 12.0 Å². The Kier molecular flexibility index (Phi) is 3.25. The molecule has 0 unspecified atom stereocenters. The van der Waals surface area contributed by atoms with Crippen LogP contribution < -0.4 is 10.2 Å². The summed E-state index contributed by atoms with van der Waals surface area (Å²) in [5.41, 5.74) is 4.14. The summed E-state index contributed by atoms with van der Waals surface area (Å²) in [5.74, 6) is 2.49. The summed E-state index contributed by atoms with van der Waals surface area (Å²) in [6, 6.07) is 11.5. The molecule has 114 valence electrons. The lowest BCUT2D eigenvalue weighted by atomic mass is 9.99. The van der Waals surface area contributed by atoms with Gasteiger partial charge in [-0.3, -0.25) is 0 Å². The minimum atomic E-state index is 0.482. The molecule has 1 aromatic carbocycles. The molecule has 1 fully saturated rings. The fourth-order valence-corrected chi connectivity index (χ4v) is 3.84. The zero-order valence-electron chi connectivity index (χ0n) is 13.2. The van der Waals surface area contributed by atoms with Crippen molar-refractivity contribution in [2.75, 3.05) is 23.3 Å². The Morgan fingerprint density at radius 2 is 2.00 bits per heavy atom. The van der Waals surface area contributed by atoms with Gasteiger partial charge in [0.1, 0.15) is 5.82 Å². The summed E-state index contributed by atoms with van der Waals surface area (Å²) in [5, 5.41) is 3.26. The minimum Gasteiger partial charge on any atom is -0.354 e. The maximum atomic E-state index is 4.75. The van der Waals surface area contributed by atoms with E-state index in [1.807, 2.05) is 0 Å². The molecule has 0 radical (unpaired) electrons. The van der Waals surface area contributed by atoms with Crippen LogP contribution in [0, 0.1) is 0 Å². The maximum absolute atomic E-state index is 4.75. The second kappa shape index (κ2) is 5.27. The van der Waals surface area contributed by atoms with Crippen molar-refractivity contribution in [2.45, 2.75) is 38.6 Å². The number of benzene rings is 1. The Labute approximate surface area is 131 Å². The molecule has 0 spiro atoms. The molecule has 2 heterocycles. The van der Waals surface area contributed by atoms with Gasteiger partial charge in [0, 0.05) is 30.8 Å². The summed E-state index contributed by atoms with van der Waals surface area (Å²) in [4.78, 5) is 11.8. The molecule has 4 nitrogen and oxygen atoms in total. The molecule has 1 aliphatic carbocycles. The molecule has 2 atom stereocenters. The van der Waals surface area contributed by atoms with Crippen LogP contribution >= 0.6 is 0 Å². The Balaban J connectivity index is 1.71. The van der Waals surface area contributed by atoms with Crippen molar-refractivity contribution in [1.82, 2.24) is 9.97 Å². The first-order chi connectivity index (χ1) is 10.8. The van der Waals surface area contributed by atoms with Gasteiger partial charge in [-0.25, -0.2) is 4.98 Å². The van der Waals surface area contributed by atoms with Gasteiger partial charge in [-0.15, -0.1) is 0 Å². The van der Waals surface area contributed by atoms with Gasteiger partial charge in [0.25, 0.3) is 0 Å². The first-order valence-corrected chi connectivity index (χ1v) is 8.27. The normalized spacial score (nSPS) is 22.0. The van der Waals surface area contributed by atoms with E-state index < -0.39 is 0 Å². The molecule has 1 aliphatic heterocycles. The third kappa shape index (κ3) is 2.05. The van der Waals surface area contributed by atoms with Crippen molar-refractivity contribution in [1.29, 1.82) is 0 Å². The summed E-state index contributed by atoms with van der Waals surface area (Å²) >= 11 is 0. The van der Waals surface area contributed by atoms with Crippen LogP contribution in [0.3, 0.4) is 0 Å². The second-order valence-electron chi connectivity index (χ2n) is 6.15. The van der Waals surface area contributed by atoms with E-state index in [9.17, 15) is 0 Å². The lowest BCUT2D eigenvalue weighted by Gasteiger charge is -2.30. The number of hydrogen-bond donors (Lipinski definition) is 1. The van der Waals surface area contributed by atoms with Crippen LogP contribution in [-0.4, -0.2) is 23.1 Å². The molecular formula is C18H22N4. The summed E-state index contributed by atoms with van der Waals surface area (Å²) in [6.07, 6.45) is 2.16. The number of hydrogen-bond acceptors (Lipinski definition) is 4. The SMILES string of the molecule is CCNc1nc(CC)cc(N2C[C@H]3C[C@H]2c2ccccc23)n1. The van der Waals surface area contributed by atoms with Gasteiger partial charge >= 0.3 is 0 Å². The largest absolute Gasteiger partial charge is 0.354 e. The Hall–Kier alpha value is -2.10. The fraction of sp³-hybridized carbons (Fsp3) is 0.444. The van der Waals surface area contributed by atoms with Crippen LogP contribution in [0.5, 0.6) is 0 Å². The van der Waals surface area contributed by atoms with Gasteiger partial charge in [0.15, 0.2) is 0 Å². The number of aromatic nitrogens is 2. The predicted octanol–water partition coefficient (Wildman–Crippen LogP) is 3.52. The zero-order chi connectivity index (χ0) is 15.1. The lowest BCUT2D eigenvalue weighted by molar-refractivity contribution is 0.727. The van der Waals surface area contributed by atoms with Crippen LogP contribution in [0.25, 0.3) is 0 Å². The smallest absolute Gasteiger partial charge is 0.224 e. The highest BCUT2D eigenvalue weighted by Crippen LogP contribution is 2.51. The molecule has 2 bridgehead atoms. The van der Waals surface area contributed by atoms with Crippen molar-refractivity contribution in [2.24, 2.45) is 0 Å². The van der Waals surface area contributed by atoms with E-state index in [-0.39, 0.29) is 0 Å². The number of aryl methyl sites for hydroxylation is 1. The third-order valence-electron chi connectivity index (χ3n) is 4.85. The van der Waals surface area contributed by atoms with Crippen LogP contribution in [0.2, 0.25) is 0 Å². The Bertz CT molecular complexity index is 697. The van der Waals surface area contributed by atoms with Gasteiger partial charge in [0.05, 0.1) is 6.04 Å². The highest BCUT2D eigenvalue weighted by Gasteiger charge is 2.42. The van der Waals surface area contributed by atoms with E-state index >= 15 is 0 Å².